The maximum absolute atomic E-state index is 12.7. The highest BCUT2D eigenvalue weighted by Gasteiger charge is 2.40. The molecule has 0 amide bonds. The number of nitrogens with two attached hydrogens (primary N) is 1. The molecule has 0 spiro atoms. The van der Waals surface area contributed by atoms with Gasteiger partial charge in [0.2, 0.25) is 0 Å². The molecule has 5 heteroatoms. The van der Waals surface area contributed by atoms with Gasteiger partial charge in [0.05, 0.1) is 12.7 Å². The smallest absolute Gasteiger partial charge is 0.419 e. The van der Waals surface area contributed by atoms with Crippen LogP contribution in [0.15, 0.2) is 18.2 Å². The molecule has 1 aliphatic rings. The lowest BCUT2D eigenvalue weighted by atomic mass is 9.64. The Balaban J connectivity index is 2.42. The number of rotatable bonds is 3. The van der Waals surface area contributed by atoms with Crippen LogP contribution in [0.1, 0.15) is 30.4 Å². The molecule has 0 bridgehead atoms. The summed E-state index contributed by atoms with van der Waals surface area (Å²) in [6, 6.07) is 4.09. The van der Waals surface area contributed by atoms with E-state index >= 15 is 0 Å². The molecule has 0 aliphatic heterocycles. The molecule has 2 N–H and O–H groups in total. The van der Waals surface area contributed by atoms with Crippen molar-refractivity contribution >= 4 is 0 Å². The number of methoxy groups -OCH3 is 1. The van der Waals surface area contributed by atoms with Gasteiger partial charge >= 0.3 is 6.18 Å². The van der Waals surface area contributed by atoms with Gasteiger partial charge in [0, 0.05) is 12.0 Å². The monoisotopic (exact) mass is 259 g/mol. The summed E-state index contributed by atoms with van der Waals surface area (Å²) in [5.74, 6) is -0.125. The van der Waals surface area contributed by atoms with Crippen LogP contribution in [0.4, 0.5) is 13.2 Å². The number of halogens is 3. The molecule has 0 heterocycles. The van der Waals surface area contributed by atoms with Crippen molar-refractivity contribution in [2.24, 2.45) is 5.73 Å². The van der Waals surface area contributed by atoms with Crippen LogP contribution in [-0.2, 0) is 11.6 Å². The van der Waals surface area contributed by atoms with E-state index in [2.05, 4.69) is 0 Å². The molecular weight excluding hydrogens is 243 g/mol. The predicted octanol–water partition coefficient (Wildman–Crippen LogP) is 3.09. The molecule has 2 nitrogen and oxygen atoms in total. The first-order chi connectivity index (χ1) is 8.43. The molecule has 0 unspecified atom stereocenters. The number of ether oxygens (including phenoxy) is 1. The van der Waals surface area contributed by atoms with Gasteiger partial charge in [-0.15, -0.1) is 0 Å². The lowest BCUT2D eigenvalue weighted by molar-refractivity contribution is -0.138. The van der Waals surface area contributed by atoms with Gasteiger partial charge in [-0.2, -0.15) is 13.2 Å². The third-order valence-corrected chi connectivity index (χ3v) is 3.82. The van der Waals surface area contributed by atoms with Crippen LogP contribution in [-0.4, -0.2) is 13.7 Å². The fourth-order valence-corrected chi connectivity index (χ4v) is 2.47. The minimum atomic E-state index is -4.39. The Morgan fingerprint density at radius 3 is 2.39 bits per heavy atom. The van der Waals surface area contributed by atoms with Crippen LogP contribution in [0.5, 0.6) is 5.75 Å². The second-order valence-corrected chi connectivity index (χ2v) is 4.75. The lowest BCUT2D eigenvalue weighted by Gasteiger charge is -2.41. The third kappa shape index (κ3) is 2.07. The maximum atomic E-state index is 12.7. The fourth-order valence-electron chi connectivity index (χ4n) is 2.47. The molecule has 0 atom stereocenters. The van der Waals surface area contributed by atoms with Crippen LogP contribution in [0.25, 0.3) is 0 Å². The largest absolute Gasteiger partial charge is 0.496 e. The average Bonchev–Trinajstić information content (AvgIpc) is 2.26. The lowest BCUT2D eigenvalue weighted by Crippen LogP contribution is -2.41. The molecule has 0 saturated heterocycles. The Morgan fingerprint density at radius 2 is 2.00 bits per heavy atom. The van der Waals surface area contributed by atoms with Crippen LogP contribution < -0.4 is 10.5 Å². The van der Waals surface area contributed by atoms with E-state index < -0.39 is 11.7 Å². The standard InChI is InChI=1S/C13H16F3NO/c1-18-11-7-9(12(8-17)5-2-6-12)3-4-10(11)13(14,15)16/h3-4,7H,2,5-6,8,17H2,1H3. The van der Waals surface area contributed by atoms with Crippen LogP contribution in [0.3, 0.4) is 0 Å². The van der Waals surface area contributed by atoms with E-state index in [1.807, 2.05) is 0 Å². The Hall–Kier alpha value is -1.23. The zero-order chi connectivity index (χ0) is 13.4. The van der Waals surface area contributed by atoms with Gasteiger partial charge in [0.15, 0.2) is 0 Å². The first-order valence-corrected chi connectivity index (χ1v) is 5.89. The Bertz CT molecular complexity index is 433. The zero-order valence-electron chi connectivity index (χ0n) is 10.2. The molecule has 1 saturated carbocycles. The van der Waals surface area contributed by atoms with Gasteiger partial charge < -0.3 is 10.5 Å². The van der Waals surface area contributed by atoms with E-state index in [0.717, 1.165) is 30.9 Å². The Morgan fingerprint density at radius 1 is 1.33 bits per heavy atom. The van der Waals surface area contributed by atoms with Gasteiger partial charge in [0.1, 0.15) is 5.75 Å². The first kappa shape index (κ1) is 13.2. The van der Waals surface area contributed by atoms with E-state index in [1.165, 1.54) is 19.2 Å². The van der Waals surface area contributed by atoms with E-state index in [0.29, 0.717) is 6.54 Å². The number of hydrogen-bond acceptors (Lipinski definition) is 2. The van der Waals surface area contributed by atoms with Crippen molar-refractivity contribution in [3.8, 4) is 5.75 Å². The van der Waals surface area contributed by atoms with Crippen molar-refractivity contribution in [3.63, 3.8) is 0 Å². The highest BCUT2D eigenvalue weighted by Crippen LogP contribution is 2.45. The minimum absolute atomic E-state index is 0.125. The normalized spacial score (nSPS) is 18.3. The van der Waals surface area contributed by atoms with Crippen LogP contribution in [0, 0.1) is 0 Å². The summed E-state index contributed by atoms with van der Waals surface area (Å²) >= 11 is 0. The van der Waals surface area contributed by atoms with E-state index in [9.17, 15) is 13.2 Å². The predicted molar refractivity (Wildman–Crippen MR) is 62.6 cm³/mol. The number of alkyl halides is 3. The maximum Gasteiger partial charge on any atom is 0.419 e. The van der Waals surface area contributed by atoms with Crippen molar-refractivity contribution in [1.29, 1.82) is 0 Å². The second kappa shape index (κ2) is 4.46. The van der Waals surface area contributed by atoms with Crippen molar-refractivity contribution in [3.05, 3.63) is 29.3 Å². The van der Waals surface area contributed by atoms with Crippen molar-refractivity contribution in [2.45, 2.75) is 30.9 Å². The number of benzene rings is 1. The summed E-state index contributed by atoms with van der Waals surface area (Å²) in [6.45, 7) is 0.460. The summed E-state index contributed by atoms with van der Waals surface area (Å²) in [5.41, 5.74) is 5.71. The summed E-state index contributed by atoms with van der Waals surface area (Å²) in [7, 11) is 1.25. The second-order valence-electron chi connectivity index (χ2n) is 4.75. The van der Waals surface area contributed by atoms with Crippen molar-refractivity contribution in [2.75, 3.05) is 13.7 Å². The summed E-state index contributed by atoms with van der Waals surface area (Å²) < 4.78 is 43.1. The van der Waals surface area contributed by atoms with E-state index in [4.69, 9.17) is 10.5 Å². The van der Waals surface area contributed by atoms with Crippen LogP contribution in [0.2, 0.25) is 0 Å². The summed E-state index contributed by atoms with van der Waals surface area (Å²) in [4.78, 5) is 0. The zero-order valence-corrected chi connectivity index (χ0v) is 10.2. The van der Waals surface area contributed by atoms with Gasteiger partial charge in [-0.25, -0.2) is 0 Å². The summed E-state index contributed by atoms with van der Waals surface area (Å²) in [6.07, 6.45) is -1.46. The first-order valence-electron chi connectivity index (χ1n) is 5.89. The number of hydrogen-bond donors (Lipinski definition) is 1. The quantitative estimate of drug-likeness (QED) is 0.905. The van der Waals surface area contributed by atoms with Crippen LogP contribution >= 0.6 is 0 Å². The van der Waals surface area contributed by atoms with Crippen molar-refractivity contribution < 1.29 is 17.9 Å². The molecule has 2 rings (SSSR count). The molecular formula is C13H16F3NO. The SMILES string of the molecule is COc1cc(C2(CN)CCC2)ccc1C(F)(F)F. The molecule has 1 fully saturated rings. The Kier molecular flexibility index (Phi) is 3.27. The Labute approximate surface area is 104 Å². The van der Waals surface area contributed by atoms with E-state index in [-0.39, 0.29) is 11.2 Å². The average molecular weight is 259 g/mol. The molecule has 18 heavy (non-hydrogen) atoms. The topological polar surface area (TPSA) is 35.2 Å². The van der Waals surface area contributed by atoms with Crippen molar-refractivity contribution in [1.82, 2.24) is 0 Å². The van der Waals surface area contributed by atoms with Gasteiger partial charge in [-0.05, 0) is 30.5 Å². The highest BCUT2D eigenvalue weighted by atomic mass is 19.4. The van der Waals surface area contributed by atoms with Gasteiger partial charge in [-0.3, -0.25) is 0 Å². The molecule has 100 valence electrons. The molecule has 0 radical (unpaired) electrons. The van der Waals surface area contributed by atoms with Gasteiger partial charge in [-0.1, -0.05) is 12.5 Å². The van der Waals surface area contributed by atoms with E-state index in [1.54, 1.807) is 0 Å². The molecule has 1 aromatic carbocycles. The van der Waals surface area contributed by atoms with Gasteiger partial charge in [0.25, 0.3) is 0 Å². The molecule has 1 aliphatic carbocycles. The molecule has 0 aromatic heterocycles. The summed E-state index contributed by atoms with van der Waals surface area (Å²) in [5, 5.41) is 0. The minimum Gasteiger partial charge on any atom is -0.496 e. The third-order valence-electron chi connectivity index (χ3n) is 3.82. The fraction of sp³-hybridized carbons (Fsp3) is 0.538. The molecule has 1 aromatic rings. The highest BCUT2D eigenvalue weighted by molar-refractivity contribution is 5.43.